The zero-order valence-electron chi connectivity index (χ0n) is 16.9. The summed E-state index contributed by atoms with van der Waals surface area (Å²) < 4.78 is 7.19. The number of ketones is 2. The van der Waals surface area contributed by atoms with E-state index in [2.05, 4.69) is 0 Å². The Bertz CT molecular complexity index is 1060. The van der Waals surface area contributed by atoms with Gasteiger partial charge in [-0.2, -0.15) is 0 Å². The van der Waals surface area contributed by atoms with Crippen LogP contribution in [0.15, 0.2) is 60.8 Å². The second kappa shape index (κ2) is 8.27. The Hall–Kier alpha value is -3.47. The summed E-state index contributed by atoms with van der Waals surface area (Å²) in [6.07, 6.45) is 0.489. The minimum Gasteiger partial charge on any atom is -0.444 e. The minimum absolute atomic E-state index is 0.148. The van der Waals surface area contributed by atoms with Crippen molar-refractivity contribution in [2.75, 3.05) is 0 Å². The summed E-state index contributed by atoms with van der Waals surface area (Å²) in [6, 6.07) is 15.9. The molecule has 0 aliphatic carbocycles. The Balaban J connectivity index is 1.95. The molecule has 0 bridgehead atoms. The summed E-state index contributed by atoms with van der Waals surface area (Å²) in [5.74, 6) is -1.11. The second-order valence-corrected chi connectivity index (χ2v) is 7.21. The normalized spacial score (nSPS) is 11.7. The Morgan fingerprint density at radius 1 is 0.862 bits per heavy atom. The molecule has 2 aromatic carbocycles. The summed E-state index contributed by atoms with van der Waals surface area (Å²) >= 11 is 0. The van der Waals surface area contributed by atoms with Crippen molar-refractivity contribution < 1.29 is 19.1 Å². The van der Waals surface area contributed by atoms with Gasteiger partial charge < -0.3 is 9.30 Å². The first-order chi connectivity index (χ1) is 13.8. The molecule has 3 aromatic rings. The van der Waals surface area contributed by atoms with E-state index < -0.39 is 12.1 Å². The SMILES string of the molecule is CC(=O)c1cc(C(=O)O[C@H](C(=O)c2ccc(C)cc2)c2ccc(C)cc2)n(C)c1. The van der Waals surface area contributed by atoms with Gasteiger partial charge in [0, 0.05) is 29.9 Å². The van der Waals surface area contributed by atoms with E-state index in [-0.39, 0.29) is 17.3 Å². The lowest BCUT2D eigenvalue weighted by atomic mass is 9.98. The van der Waals surface area contributed by atoms with Crippen LogP contribution in [0, 0.1) is 13.8 Å². The molecule has 0 aliphatic rings. The number of nitrogens with zero attached hydrogens (tertiary/aromatic N) is 1. The number of benzene rings is 2. The molecule has 148 valence electrons. The molecular formula is C24H23NO4. The van der Waals surface area contributed by atoms with Gasteiger partial charge in [0.05, 0.1) is 0 Å². The fraction of sp³-hybridized carbons (Fsp3) is 0.208. The molecule has 0 saturated heterocycles. The van der Waals surface area contributed by atoms with Crippen LogP contribution in [0.3, 0.4) is 0 Å². The van der Waals surface area contributed by atoms with Crippen LogP contribution in [-0.2, 0) is 11.8 Å². The first-order valence-electron chi connectivity index (χ1n) is 9.32. The number of hydrogen-bond donors (Lipinski definition) is 0. The monoisotopic (exact) mass is 389 g/mol. The molecule has 0 saturated carbocycles. The quantitative estimate of drug-likeness (QED) is 0.456. The molecule has 1 atom stereocenters. The maximum atomic E-state index is 13.2. The minimum atomic E-state index is -1.08. The van der Waals surface area contributed by atoms with Gasteiger partial charge in [-0.3, -0.25) is 9.59 Å². The lowest BCUT2D eigenvalue weighted by Gasteiger charge is -2.18. The van der Waals surface area contributed by atoms with Crippen molar-refractivity contribution in [3.8, 4) is 0 Å². The summed E-state index contributed by atoms with van der Waals surface area (Å²) in [4.78, 5) is 37.6. The predicted molar refractivity (Wildman–Crippen MR) is 110 cm³/mol. The van der Waals surface area contributed by atoms with Crippen LogP contribution in [0.5, 0.6) is 0 Å². The molecule has 0 spiro atoms. The van der Waals surface area contributed by atoms with E-state index >= 15 is 0 Å². The van der Waals surface area contributed by atoms with Crippen LogP contribution in [0.4, 0.5) is 0 Å². The highest BCUT2D eigenvalue weighted by molar-refractivity contribution is 6.02. The van der Waals surface area contributed by atoms with Gasteiger partial charge in [0.25, 0.3) is 0 Å². The molecule has 3 rings (SSSR count). The highest BCUT2D eigenvalue weighted by Gasteiger charge is 2.28. The van der Waals surface area contributed by atoms with Crippen molar-refractivity contribution in [2.24, 2.45) is 7.05 Å². The lowest BCUT2D eigenvalue weighted by molar-refractivity contribution is 0.0271. The number of rotatable bonds is 6. The average molecular weight is 389 g/mol. The smallest absolute Gasteiger partial charge is 0.356 e. The van der Waals surface area contributed by atoms with E-state index in [1.807, 2.05) is 38.1 Å². The van der Waals surface area contributed by atoms with Crippen molar-refractivity contribution in [3.05, 3.63) is 94.3 Å². The van der Waals surface area contributed by atoms with Gasteiger partial charge in [-0.15, -0.1) is 0 Å². The van der Waals surface area contributed by atoms with Gasteiger partial charge in [-0.05, 0) is 26.8 Å². The van der Waals surface area contributed by atoms with Gasteiger partial charge in [0.2, 0.25) is 5.78 Å². The van der Waals surface area contributed by atoms with Gasteiger partial charge in [-0.25, -0.2) is 4.79 Å². The maximum Gasteiger partial charge on any atom is 0.356 e. The Morgan fingerprint density at radius 3 is 1.93 bits per heavy atom. The molecule has 0 fully saturated rings. The van der Waals surface area contributed by atoms with Crippen LogP contribution >= 0.6 is 0 Å². The van der Waals surface area contributed by atoms with E-state index in [1.54, 1.807) is 37.5 Å². The zero-order chi connectivity index (χ0) is 21.1. The number of esters is 1. The third-order valence-electron chi connectivity index (χ3n) is 4.80. The maximum absolute atomic E-state index is 13.2. The molecule has 29 heavy (non-hydrogen) atoms. The Morgan fingerprint density at radius 2 is 1.41 bits per heavy atom. The first kappa shape index (κ1) is 20.3. The van der Waals surface area contributed by atoms with Gasteiger partial charge >= 0.3 is 5.97 Å². The average Bonchev–Trinajstić information content (AvgIpc) is 3.09. The number of carbonyl (C=O) groups is 3. The summed E-state index contributed by atoms with van der Waals surface area (Å²) in [6.45, 7) is 5.31. The zero-order valence-corrected chi connectivity index (χ0v) is 16.9. The van der Waals surface area contributed by atoms with Crippen molar-refractivity contribution in [3.63, 3.8) is 0 Å². The number of aryl methyl sites for hydroxylation is 3. The third-order valence-corrected chi connectivity index (χ3v) is 4.80. The third kappa shape index (κ3) is 4.51. The molecule has 0 radical (unpaired) electrons. The van der Waals surface area contributed by atoms with E-state index in [4.69, 9.17) is 4.74 Å². The van der Waals surface area contributed by atoms with Gasteiger partial charge in [0.15, 0.2) is 11.9 Å². The molecule has 0 unspecified atom stereocenters. The number of Topliss-reactive ketones (excluding diaryl/α,β-unsaturated/α-hetero) is 2. The molecule has 0 aliphatic heterocycles. The number of ether oxygens (including phenoxy) is 1. The molecule has 0 amide bonds. The highest BCUT2D eigenvalue weighted by atomic mass is 16.5. The van der Waals surface area contributed by atoms with Crippen LogP contribution < -0.4 is 0 Å². The van der Waals surface area contributed by atoms with Gasteiger partial charge in [-0.1, -0.05) is 59.7 Å². The molecule has 5 nitrogen and oxygen atoms in total. The highest BCUT2D eigenvalue weighted by Crippen LogP contribution is 2.25. The molecule has 1 heterocycles. The summed E-state index contributed by atoms with van der Waals surface area (Å²) in [7, 11) is 1.66. The standard InChI is InChI=1S/C24H23NO4/c1-15-5-9-18(10-6-15)22(27)23(19-11-7-16(2)8-12-19)29-24(28)21-13-20(17(3)26)14-25(21)4/h5-14,23H,1-4H3/t23-/m0/s1. The first-order valence-corrected chi connectivity index (χ1v) is 9.32. The molecule has 0 N–H and O–H groups in total. The van der Waals surface area contributed by atoms with Crippen molar-refractivity contribution in [1.82, 2.24) is 4.57 Å². The number of carbonyl (C=O) groups excluding carboxylic acids is 3. The van der Waals surface area contributed by atoms with Crippen molar-refractivity contribution in [1.29, 1.82) is 0 Å². The number of aromatic nitrogens is 1. The Labute approximate surface area is 169 Å². The Kier molecular flexibility index (Phi) is 5.78. The van der Waals surface area contributed by atoms with Crippen molar-refractivity contribution >= 4 is 17.5 Å². The van der Waals surface area contributed by atoms with E-state index in [1.165, 1.54) is 17.6 Å². The van der Waals surface area contributed by atoms with Crippen LogP contribution in [0.25, 0.3) is 0 Å². The lowest BCUT2D eigenvalue weighted by Crippen LogP contribution is -2.21. The molecular weight excluding hydrogens is 366 g/mol. The summed E-state index contributed by atoms with van der Waals surface area (Å²) in [5.41, 5.74) is 3.75. The number of hydrogen-bond acceptors (Lipinski definition) is 4. The summed E-state index contributed by atoms with van der Waals surface area (Å²) in [5, 5.41) is 0. The fourth-order valence-corrected chi connectivity index (χ4v) is 3.01. The van der Waals surface area contributed by atoms with E-state index in [9.17, 15) is 14.4 Å². The fourth-order valence-electron chi connectivity index (χ4n) is 3.01. The van der Waals surface area contributed by atoms with E-state index in [0.717, 1.165) is 11.1 Å². The van der Waals surface area contributed by atoms with Crippen LogP contribution in [0.1, 0.15) is 60.9 Å². The largest absolute Gasteiger partial charge is 0.444 e. The van der Waals surface area contributed by atoms with Crippen LogP contribution in [0.2, 0.25) is 0 Å². The van der Waals surface area contributed by atoms with Gasteiger partial charge in [0.1, 0.15) is 5.69 Å². The van der Waals surface area contributed by atoms with Crippen molar-refractivity contribution in [2.45, 2.75) is 26.9 Å². The predicted octanol–water partition coefficient (Wildman–Crippen LogP) is 4.63. The molecule has 5 heteroatoms. The topological polar surface area (TPSA) is 65.4 Å². The van der Waals surface area contributed by atoms with Crippen LogP contribution in [-0.4, -0.2) is 22.1 Å². The molecule has 1 aromatic heterocycles. The van der Waals surface area contributed by atoms with E-state index in [0.29, 0.717) is 16.7 Å². The second-order valence-electron chi connectivity index (χ2n) is 7.21.